The van der Waals surface area contributed by atoms with E-state index in [0.717, 1.165) is 75.9 Å². The van der Waals surface area contributed by atoms with Gasteiger partial charge in [-0.1, -0.05) is 109 Å². The first kappa shape index (κ1) is 40.9. The van der Waals surface area contributed by atoms with Crippen LogP contribution in [0.15, 0.2) is 127 Å². The van der Waals surface area contributed by atoms with Gasteiger partial charge in [0.1, 0.15) is 0 Å². The van der Waals surface area contributed by atoms with Gasteiger partial charge in [0, 0.05) is 74.2 Å². The van der Waals surface area contributed by atoms with Gasteiger partial charge in [-0.05, 0) is 83.0 Å². The van der Waals surface area contributed by atoms with Crippen LogP contribution in [0, 0.1) is 0 Å². The summed E-state index contributed by atoms with van der Waals surface area (Å²) in [4.78, 5) is 27.4. The third-order valence-corrected chi connectivity index (χ3v) is 12.7. The fraction of sp³-hybridized carbons (Fsp3) is 0.277. The molecule has 1 saturated heterocycles. The topological polar surface area (TPSA) is 112 Å². The second-order valence-corrected chi connectivity index (χ2v) is 17.2. The molecule has 2 N–H and O–H groups in total. The number of halogens is 1. The van der Waals surface area contributed by atoms with Crippen LogP contribution in [0.4, 0.5) is 0 Å². The Hall–Kier alpha value is -5.26. The lowest BCUT2D eigenvalue weighted by Crippen LogP contribution is -2.47. The average Bonchev–Trinajstić information content (AvgIpc) is 3.51. The molecule has 2 heterocycles. The largest absolute Gasteiger partial charge is 0.478 e. The predicted molar refractivity (Wildman–Crippen MR) is 231 cm³/mol. The van der Waals surface area contributed by atoms with Crippen LogP contribution in [0.1, 0.15) is 68.8 Å². The van der Waals surface area contributed by atoms with E-state index < -0.39 is 16.0 Å². The minimum atomic E-state index is -3.73. The number of hydrogen-bond donors (Lipinski definition) is 2. The van der Waals surface area contributed by atoms with Crippen LogP contribution in [-0.2, 0) is 46.4 Å². The van der Waals surface area contributed by atoms with Crippen molar-refractivity contribution in [2.24, 2.45) is 0 Å². The summed E-state index contributed by atoms with van der Waals surface area (Å²) in [5.41, 5.74) is 8.40. The maximum atomic E-state index is 13.9. The zero-order chi connectivity index (χ0) is 40.6. The van der Waals surface area contributed by atoms with Gasteiger partial charge in [0.15, 0.2) is 0 Å². The maximum Gasteiger partial charge on any atom is 0.335 e. The van der Waals surface area contributed by atoms with E-state index in [1.165, 1.54) is 0 Å². The molecule has 0 spiro atoms. The number of aromatic nitrogens is 1. The monoisotopic (exact) mass is 816 g/mol. The van der Waals surface area contributed by atoms with Crippen LogP contribution in [0.5, 0.6) is 0 Å². The molecule has 0 aliphatic carbocycles. The van der Waals surface area contributed by atoms with Crippen LogP contribution in [0.3, 0.4) is 0 Å². The lowest BCUT2D eigenvalue weighted by atomic mass is 9.97. The number of carbonyl (C=O) groups excluding carboxylic acids is 1. The zero-order valence-corrected chi connectivity index (χ0v) is 34.3. The SMILES string of the molecule is CC(=O)N1CCN(Cc2ccccc2CS(=O)(=O)NCCc2c(CCCc3ccc(C(=O)O)cc3)c3cc(Cl)ccc3n2C(c2ccccc2)c2ccccc2)CC1. The summed E-state index contributed by atoms with van der Waals surface area (Å²) in [6.45, 7) is 5.22. The Morgan fingerprint density at radius 1 is 0.759 bits per heavy atom. The molecule has 7 rings (SSSR count). The highest BCUT2D eigenvalue weighted by molar-refractivity contribution is 7.88. The van der Waals surface area contributed by atoms with E-state index in [2.05, 4.69) is 44.5 Å². The molecule has 58 heavy (non-hydrogen) atoms. The third kappa shape index (κ3) is 9.88. The number of aryl methyl sites for hydroxylation is 2. The molecule has 1 aliphatic heterocycles. The Morgan fingerprint density at radius 2 is 1.38 bits per heavy atom. The summed E-state index contributed by atoms with van der Waals surface area (Å²) in [6, 6.07) is 41.2. The number of fused-ring (bicyclic) bond motifs is 1. The summed E-state index contributed by atoms with van der Waals surface area (Å²) in [6.07, 6.45) is 2.67. The van der Waals surface area contributed by atoms with E-state index in [-0.39, 0.29) is 29.8 Å². The summed E-state index contributed by atoms with van der Waals surface area (Å²) >= 11 is 6.70. The van der Waals surface area contributed by atoms with E-state index in [1.54, 1.807) is 19.1 Å². The van der Waals surface area contributed by atoms with Gasteiger partial charge in [0.05, 0.1) is 17.4 Å². The van der Waals surface area contributed by atoms with Gasteiger partial charge >= 0.3 is 5.97 Å². The number of carboxylic acid groups (broad SMARTS) is 1. The molecule has 0 unspecified atom stereocenters. The average molecular weight is 817 g/mol. The number of amides is 1. The van der Waals surface area contributed by atoms with Gasteiger partial charge in [0.2, 0.25) is 15.9 Å². The number of sulfonamides is 1. The highest BCUT2D eigenvalue weighted by Crippen LogP contribution is 2.38. The zero-order valence-electron chi connectivity index (χ0n) is 32.7. The first-order chi connectivity index (χ1) is 28.1. The predicted octanol–water partition coefficient (Wildman–Crippen LogP) is 8.13. The Bertz CT molecular complexity index is 2430. The van der Waals surface area contributed by atoms with Crippen LogP contribution in [0.25, 0.3) is 10.9 Å². The van der Waals surface area contributed by atoms with Gasteiger partial charge < -0.3 is 14.6 Å². The fourth-order valence-electron chi connectivity index (χ4n) is 8.19. The Balaban J connectivity index is 1.19. The van der Waals surface area contributed by atoms with Crippen molar-refractivity contribution in [2.75, 3.05) is 32.7 Å². The van der Waals surface area contributed by atoms with Crippen molar-refractivity contribution in [3.8, 4) is 0 Å². The van der Waals surface area contributed by atoms with Gasteiger partial charge in [0.25, 0.3) is 0 Å². The Morgan fingerprint density at radius 3 is 2.00 bits per heavy atom. The smallest absolute Gasteiger partial charge is 0.335 e. The Labute approximate surface area is 345 Å². The minimum absolute atomic E-state index is 0.0777. The first-order valence-electron chi connectivity index (χ1n) is 19.8. The van der Waals surface area contributed by atoms with Crippen molar-refractivity contribution < 1.29 is 23.1 Å². The second-order valence-electron chi connectivity index (χ2n) is 15.0. The first-order valence-corrected chi connectivity index (χ1v) is 21.8. The molecule has 0 saturated carbocycles. The molecule has 1 aromatic heterocycles. The van der Waals surface area contributed by atoms with Crippen LogP contribution >= 0.6 is 11.6 Å². The molecule has 1 amide bonds. The molecule has 0 bridgehead atoms. The molecular formula is C47H49ClN4O5S. The standard InChI is InChI=1S/C47H49ClN4O5S/c1-34(53)51-29-27-50(28-30-51)32-39-16-8-9-17-40(39)33-58(56,57)49-26-25-45-42(18-10-11-35-19-21-38(22-20-35)47(54)55)43-31-41(48)23-24-44(43)52(45)46(36-12-4-2-5-13-36)37-14-6-3-7-15-37/h2-9,12-17,19-24,31,46,49H,10-11,18,25-30,32-33H2,1H3,(H,54,55). The summed E-state index contributed by atoms with van der Waals surface area (Å²) in [5.74, 6) is -1.01. The van der Waals surface area contributed by atoms with Crippen LogP contribution < -0.4 is 4.72 Å². The van der Waals surface area contributed by atoms with Crippen molar-refractivity contribution in [3.05, 3.63) is 177 Å². The van der Waals surface area contributed by atoms with Crippen molar-refractivity contribution in [1.29, 1.82) is 0 Å². The highest BCUT2D eigenvalue weighted by Gasteiger charge is 2.26. The van der Waals surface area contributed by atoms with E-state index >= 15 is 0 Å². The summed E-state index contributed by atoms with van der Waals surface area (Å²) < 4.78 is 33.1. The lowest BCUT2D eigenvalue weighted by Gasteiger charge is -2.34. The van der Waals surface area contributed by atoms with Gasteiger partial charge in [-0.2, -0.15) is 0 Å². The number of benzene rings is 5. The minimum Gasteiger partial charge on any atom is -0.478 e. The number of nitrogens with one attached hydrogen (secondary N) is 1. The number of carbonyl (C=O) groups is 2. The summed E-state index contributed by atoms with van der Waals surface area (Å²) in [5, 5.41) is 11.0. The van der Waals surface area contributed by atoms with Crippen molar-refractivity contribution in [1.82, 2.24) is 19.1 Å². The number of nitrogens with zero attached hydrogens (tertiary/aromatic N) is 3. The number of hydrogen-bond acceptors (Lipinski definition) is 5. The highest BCUT2D eigenvalue weighted by atomic mass is 35.5. The molecule has 11 heteroatoms. The normalized spacial score (nSPS) is 13.7. The van der Waals surface area contributed by atoms with Crippen molar-refractivity contribution in [2.45, 2.75) is 50.9 Å². The molecule has 6 aromatic rings. The second kappa shape index (κ2) is 18.6. The summed E-state index contributed by atoms with van der Waals surface area (Å²) in [7, 11) is -3.73. The maximum absolute atomic E-state index is 13.9. The molecule has 1 fully saturated rings. The van der Waals surface area contributed by atoms with Crippen LogP contribution in [0.2, 0.25) is 5.02 Å². The molecule has 0 radical (unpaired) electrons. The van der Waals surface area contributed by atoms with Gasteiger partial charge in [-0.3, -0.25) is 9.69 Å². The molecular weight excluding hydrogens is 768 g/mol. The number of carboxylic acids is 1. The number of rotatable bonds is 16. The van der Waals surface area contributed by atoms with E-state index in [4.69, 9.17) is 11.6 Å². The molecule has 300 valence electrons. The fourth-order valence-corrected chi connectivity index (χ4v) is 9.57. The number of aromatic carboxylic acids is 1. The number of piperazine rings is 1. The third-order valence-electron chi connectivity index (χ3n) is 11.1. The van der Waals surface area contributed by atoms with Crippen molar-refractivity contribution >= 4 is 44.4 Å². The quantitative estimate of drug-likeness (QED) is 0.102. The molecule has 5 aromatic carbocycles. The van der Waals surface area contributed by atoms with E-state index in [0.29, 0.717) is 37.5 Å². The molecule has 1 aliphatic rings. The van der Waals surface area contributed by atoms with Crippen molar-refractivity contribution in [3.63, 3.8) is 0 Å². The van der Waals surface area contributed by atoms with E-state index in [9.17, 15) is 23.1 Å². The van der Waals surface area contributed by atoms with Gasteiger partial charge in [-0.15, -0.1) is 0 Å². The van der Waals surface area contributed by atoms with E-state index in [1.807, 2.05) is 89.8 Å². The lowest BCUT2D eigenvalue weighted by molar-refractivity contribution is -0.130. The molecule has 9 nitrogen and oxygen atoms in total. The Kier molecular flexibility index (Phi) is 13.1. The van der Waals surface area contributed by atoms with Gasteiger partial charge in [-0.25, -0.2) is 17.9 Å². The van der Waals surface area contributed by atoms with Crippen LogP contribution in [-0.4, -0.2) is 72.5 Å². The molecule has 0 atom stereocenters.